The first-order valence-corrected chi connectivity index (χ1v) is 8.72. The SMILES string of the molecule is COc1ccc(CNC(=O)CCc2ccc(C(=O)N(C)C)cc2)cc1OC. The molecular formula is C21H26N2O4. The molecule has 0 bridgehead atoms. The Balaban J connectivity index is 1.83. The van der Waals surface area contributed by atoms with Crippen molar-refractivity contribution in [3.05, 3.63) is 59.2 Å². The van der Waals surface area contributed by atoms with Crippen LogP contribution in [0.4, 0.5) is 0 Å². The lowest BCUT2D eigenvalue weighted by molar-refractivity contribution is -0.121. The van der Waals surface area contributed by atoms with E-state index in [0.29, 0.717) is 36.4 Å². The average Bonchev–Trinajstić information content (AvgIpc) is 2.70. The summed E-state index contributed by atoms with van der Waals surface area (Å²) >= 11 is 0. The molecule has 0 fully saturated rings. The van der Waals surface area contributed by atoms with E-state index in [4.69, 9.17) is 9.47 Å². The monoisotopic (exact) mass is 370 g/mol. The molecule has 0 aromatic heterocycles. The van der Waals surface area contributed by atoms with Gasteiger partial charge in [0.15, 0.2) is 11.5 Å². The smallest absolute Gasteiger partial charge is 0.253 e. The quantitative estimate of drug-likeness (QED) is 0.776. The van der Waals surface area contributed by atoms with Crippen LogP contribution in [0.3, 0.4) is 0 Å². The maximum Gasteiger partial charge on any atom is 0.253 e. The van der Waals surface area contributed by atoms with E-state index in [0.717, 1.165) is 11.1 Å². The molecule has 0 aliphatic carbocycles. The predicted molar refractivity (Wildman–Crippen MR) is 104 cm³/mol. The summed E-state index contributed by atoms with van der Waals surface area (Å²) in [6.07, 6.45) is 1.00. The summed E-state index contributed by atoms with van der Waals surface area (Å²) in [7, 11) is 6.61. The highest BCUT2D eigenvalue weighted by atomic mass is 16.5. The summed E-state index contributed by atoms with van der Waals surface area (Å²) in [6, 6.07) is 12.9. The van der Waals surface area contributed by atoms with E-state index in [1.807, 2.05) is 30.3 Å². The summed E-state index contributed by atoms with van der Waals surface area (Å²) in [4.78, 5) is 25.5. The molecule has 0 aliphatic heterocycles. The number of rotatable bonds is 8. The number of carbonyl (C=O) groups is 2. The molecule has 2 rings (SSSR count). The molecule has 6 heteroatoms. The predicted octanol–water partition coefficient (Wildman–Crippen LogP) is 2.65. The molecule has 0 heterocycles. The molecule has 0 radical (unpaired) electrons. The highest BCUT2D eigenvalue weighted by molar-refractivity contribution is 5.93. The zero-order valence-electron chi connectivity index (χ0n) is 16.2. The fourth-order valence-corrected chi connectivity index (χ4v) is 2.61. The molecule has 1 N–H and O–H groups in total. The van der Waals surface area contributed by atoms with Crippen LogP contribution in [0.2, 0.25) is 0 Å². The number of carbonyl (C=O) groups excluding carboxylic acids is 2. The first kappa shape index (κ1) is 20.3. The minimum Gasteiger partial charge on any atom is -0.493 e. The summed E-state index contributed by atoms with van der Waals surface area (Å²) in [5, 5.41) is 2.91. The summed E-state index contributed by atoms with van der Waals surface area (Å²) in [6.45, 7) is 0.426. The van der Waals surface area contributed by atoms with Gasteiger partial charge in [-0.25, -0.2) is 0 Å². The molecule has 0 saturated carbocycles. The van der Waals surface area contributed by atoms with Crippen molar-refractivity contribution in [2.45, 2.75) is 19.4 Å². The van der Waals surface area contributed by atoms with E-state index in [-0.39, 0.29) is 11.8 Å². The standard InChI is InChI=1S/C21H26N2O4/c1-23(2)21(25)17-9-5-15(6-10-17)8-12-20(24)22-14-16-7-11-18(26-3)19(13-16)27-4/h5-7,9-11,13H,8,12,14H2,1-4H3,(H,22,24). The fraction of sp³-hybridized carbons (Fsp3) is 0.333. The molecule has 144 valence electrons. The number of benzene rings is 2. The third-order valence-electron chi connectivity index (χ3n) is 4.19. The van der Waals surface area contributed by atoms with Gasteiger partial charge in [-0.05, 0) is 41.8 Å². The van der Waals surface area contributed by atoms with Crippen LogP contribution in [0.1, 0.15) is 27.9 Å². The van der Waals surface area contributed by atoms with E-state index in [9.17, 15) is 9.59 Å². The van der Waals surface area contributed by atoms with Crippen molar-refractivity contribution in [2.24, 2.45) is 0 Å². The van der Waals surface area contributed by atoms with Gasteiger partial charge in [0.1, 0.15) is 0 Å². The Bertz CT molecular complexity index is 785. The maximum absolute atomic E-state index is 12.1. The van der Waals surface area contributed by atoms with Crippen molar-refractivity contribution in [1.29, 1.82) is 0 Å². The minimum atomic E-state index is -0.0331. The van der Waals surface area contributed by atoms with Gasteiger partial charge in [0.05, 0.1) is 14.2 Å². The van der Waals surface area contributed by atoms with Crippen molar-refractivity contribution in [3.63, 3.8) is 0 Å². The minimum absolute atomic E-state index is 0.0294. The topological polar surface area (TPSA) is 67.9 Å². The number of hydrogen-bond acceptors (Lipinski definition) is 4. The van der Waals surface area contributed by atoms with Crippen LogP contribution in [-0.2, 0) is 17.8 Å². The van der Waals surface area contributed by atoms with E-state index in [1.54, 1.807) is 40.4 Å². The van der Waals surface area contributed by atoms with Crippen molar-refractivity contribution < 1.29 is 19.1 Å². The molecular weight excluding hydrogens is 344 g/mol. The molecule has 2 aromatic rings. The number of nitrogens with one attached hydrogen (secondary N) is 1. The molecule has 27 heavy (non-hydrogen) atoms. The van der Waals surface area contributed by atoms with E-state index < -0.39 is 0 Å². The van der Waals surface area contributed by atoms with E-state index >= 15 is 0 Å². The first-order chi connectivity index (χ1) is 12.9. The van der Waals surface area contributed by atoms with Gasteiger partial charge >= 0.3 is 0 Å². The second-order valence-corrected chi connectivity index (χ2v) is 6.36. The summed E-state index contributed by atoms with van der Waals surface area (Å²) in [5.41, 5.74) is 2.60. The maximum atomic E-state index is 12.1. The first-order valence-electron chi connectivity index (χ1n) is 8.72. The van der Waals surface area contributed by atoms with Crippen LogP contribution < -0.4 is 14.8 Å². The van der Waals surface area contributed by atoms with Gasteiger partial charge in [0.2, 0.25) is 5.91 Å². The lowest BCUT2D eigenvalue weighted by atomic mass is 10.1. The second-order valence-electron chi connectivity index (χ2n) is 6.36. The molecule has 0 aliphatic rings. The molecule has 6 nitrogen and oxygen atoms in total. The van der Waals surface area contributed by atoms with Gasteiger partial charge in [0.25, 0.3) is 5.91 Å². The van der Waals surface area contributed by atoms with Crippen LogP contribution >= 0.6 is 0 Å². The Morgan fingerprint density at radius 1 is 0.926 bits per heavy atom. The zero-order chi connectivity index (χ0) is 19.8. The van der Waals surface area contributed by atoms with Crippen molar-refractivity contribution in [1.82, 2.24) is 10.2 Å². The second kappa shape index (κ2) is 9.62. The average molecular weight is 370 g/mol. The van der Waals surface area contributed by atoms with Crippen molar-refractivity contribution in [2.75, 3.05) is 28.3 Å². The number of amides is 2. The number of methoxy groups -OCH3 is 2. The van der Waals surface area contributed by atoms with Crippen LogP contribution in [-0.4, -0.2) is 45.0 Å². The molecule has 2 amide bonds. The van der Waals surface area contributed by atoms with Gasteiger partial charge in [-0.15, -0.1) is 0 Å². The number of aryl methyl sites for hydroxylation is 1. The van der Waals surface area contributed by atoms with E-state index in [1.165, 1.54) is 4.90 Å². The molecule has 0 unspecified atom stereocenters. The lowest BCUT2D eigenvalue weighted by Crippen LogP contribution is -2.23. The Morgan fingerprint density at radius 3 is 2.15 bits per heavy atom. The summed E-state index contributed by atoms with van der Waals surface area (Å²) < 4.78 is 10.5. The Labute approximate surface area is 160 Å². The van der Waals surface area contributed by atoms with Gasteiger partial charge in [-0.2, -0.15) is 0 Å². The molecule has 0 spiro atoms. The lowest BCUT2D eigenvalue weighted by Gasteiger charge is -2.11. The normalized spacial score (nSPS) is 10.2. The van der Waals surface area contributed by atoms with Crippen LogP contribution in [0.25, 0.3) is 0 Å². The van der Waals surface area contributed by atoms with Crippen molar-refractivity contribution >= 4 is 11.8 Å². The highest BCUT2D eigenvalue weighted by Gasteiger charge is 2.09. The zero-order valence-corrected chi connectivity index (χ0v) is 16.2. The van der Waals surface area contributed by atoms with E-state index in [2.05, 4.69) is 5.32 Å². The Morgan fingerprint density at radius 2 is 1.56 bits per heavy atom. The van der Waals surface area contributed by atoms with Crippen LogP contribution in [0.5, 0.6) is 11.5 Å². The van der Waals surface area contributed by atoms with Gasteiger partial charge in [-0.1, -0.05) is 18.2 Å². The third kappa shape index (κ3) is 5.74. The highest BCUT2D eigenvalue weighted by Crippen LogP contribution is 2.27. The van der Waals surface area contributed by atoms with Gasteiger partial charge in [0, 0.05) is 32.6 Å². The fourth-order valence-electron chi connectivity index (χ4n) is 2.61. The van der Waals surface area contributed by atoms with Crippen LogP contribution in [0.15, 0.2) is 42.5 Å². The molecule has 0 atom stereocenters. The van der Waals surface area contributed by atoms with Crippen LogP contribution in [0, 0.1) is 0 Å². The van der Waals surface area contributed by atoms with Crippen molar-refractivity contribution in [3.8, 4) is 11.5 Å². The van der Waals surface area contributed by atoms with Gasteiger partial charge < -0.3 is 19.7 Å². The molecule has 2 aromatic carbocycles. The Hall–Kier alpha value is -3.02. The largest absolute Gasteiger partial charge is 0.493 e. The molecule has 0 saturated heterocycles. The third-order valence-corrected chi connectivity index (χ3v) is 4.19. The Kier molecular flexibility index (Phi) is 7.23. The number of nitrogens with zero attached hydrogens (tertiary/aromatic N) is 1. The van der Waals surface area contributed by atoms with Gasteiger partial charge in [-0.3, -0.25) is 9.59 Å². The number of ether oxygens (including phenoxy) is 2. The summed E-state index contributed by atoms with van der Waals surface area (Å²) in [5.74, 6) is 1.23. The number of hydrogen-bond donors (Lipinski definition) is 1.